The second-order valence-electron chi connectivity index (χ2n) is 8.02. The van der Waals surface area contributed by atoms with Crippen LogP contribution < -0.4 is 5.32 Å². The third-order valence-corrected chi connectivity index (χ3v) is 5.92. The highest BCUT2D eigenvalue weighted by Crippen LogP contribution is 2.44. The molecule has 0 aliphatic carbocycles. The molecule has 1 aliphatic rings. The zero-order valence-electron chi connectivity index (χ0n) is 14.7. The summed E-state index contributed by atoms with van der Waals surface area (Å²) in [5, 5.41) is 5.88. The number of nitrogens with zero attached hydrogens (tertiary/aromatic N) is 2. The molecule has 0 fully saturated rings. The quantitative estimate of drug-likeness (QED) is 0.485. The van der Waals surface area contributed by atoms with E-state index in [9.17, 15) is 0 Å². The molecule has 2 aromatic heterocycles. The minimum absolute atomic E-state index is 0.0476. The predicted molar refractivity (Wildman–Crippen MR) is 98.8 cm³/mol. The van der Waals surface area contributed by atoms with Crippen LogP contribution in [0.25, 0.3) is 33.0 Å². The molecule has 5 rings (SSSR count). The Labute approximate surface area is 140 Å². The number of aromatic nitrogens is 2. The number of hydrogen-bond acceptors (Lipinski definition) is 3. The van der Waals surface area contributed by atoms with Crippen molar-refractivity contribution in [3.05, 3.63) is 35.9 Å². The summed E-state index contributed by atoms with van der Waals surface area (Å²) in [6.45, 7) is 11.1. The van der Waals surface area contributed by atoms with Gasteiger partial charge in [-0.2, -0.15) is 0 Å². The number of benzene rings is 2. The number of furan rings is 1. The van der Waals surface area contributed by atoms with E-state index in [1.54, 1.807) is 0 Å². The molecule has 0 radical (unpaired) electrons. The molecule has 0 saturated carbocycles. The van der Waals surface area contributed by atoms with Gasteiger partial charge in [0.15, 0.2) is 0 Å². The summed E-state index contributed by atoms with van der Waals surface area (Å²) in [4.78, 5) is 4.81. The number of anilines is 1. The van der Waals surface area contributed by atoms with E-state index in [-0.39, 0.29) is 11.1 Å². The third-order valence-electron chi connectivity index (χ3n) is 5.92. The fourth-order valence-electron chi connectivity index (χ4n) is 3.82. The molecule has 4 nitrogen and oxygen atoms in total. The first-order valence-corrected chi connectivity index (χ1v) is 8.42. The van der Waals surface area contributed by atoms with Crippen molar-refractivity contribution < 1.29 is 4.42 Å². The van der Waals surface area contributed by atoms with Crippen LogP contribution in [0.1, 0.15) is 33.3 Å². The number of aryl methyl sites for hydroxylation is 1. The average Bonchev–Trinajstić information content (AvgIpc) is 3.04. The molecular weight excluding hydrogens is 298 g/mol. The minimum atomic E-state index is -0.0686. The normalized spacial score (nSPS) is 18.4. The Morgan fingerprint density at radius 3 is 2.54 bits per heavy atom. The molecule has 0 saturated heterocycles. The number of rotatable bonds is 0. The van der Waals surface area contributed by atoms with Gasteiger partial charge < -0.3 is 14.3 Å². The Bertz CT molecular complexity index is 1140. The van der Waals surface area contributed by atoms with Crippen molar-refractivity contribution in [2.24, 2.45) is 0 Å². The molecule has 0 spiro atoms. The van der Waals surface area contributed by atoms with E-state index in [4.69, 9.17) is 9.40 Å². The molecule has 4 heteroatoms. The van der Waals surface area contributed by atoms with Crippen molar-refractivity contribution in [3.8, 4) is 0 Å². The Morgan fingerprint density at radius 1 is 1.00 bits per heavy atom. The van der Waals surface area contributed by atoms with Crippen LogP contribution in [0.3, 0.4) is 0 Å². The van der Waals surface area contributed by atoms with Crippen molar-refractivity contribution in [3.63, 3.8) is 0 Å². The van der Waals surface area contributed by atoms with Gasteiger partial charge in [-0.05, 0) is 52.3 Å². The lowest BCUT2D eigenvalue weighted by molar-refractivity contribution is 0.270. The van der Waals surface area contributed by atoms with E-state index < -0.39 is 0 Å². The van der Waals surface area contributed by atoms with Gasteiger partial charge in [-0.3, -0.25) is 0 Å². The highest BCUT2D eigenvalue weighted by atomic mass is 16.3. The molecule has 3 heterocycles. The van der Waals surface area contributed by atoms with E-state index in [1.807, 2.05) is 0 Å². The highest BCUT2D eigenvalue weighted by molar-refractivity contribution is 6.09. The van der Waals surface area contributed by atoms with Crippen LogP contribution in [-0.4, -0.2) is 15.1 Å². The predicted octanol–water partition coefficient (Wildman–Crippen LogP) is 5.18. The standard InChI is InChI=1S/C20H21N3O/c1-11-6-7-12-13-9-15-14(10-17(13)24-16(12)8-11)21-18-22-19(2,3)20(4,5)23(15)18/h6-10H,1-5H3,(H,21,22). The van der Waals surface area contributed by atoms with Gasteiger partial charge in [0, 0.05) is 16.8 Å². The lowest BCUT2D eigenvalue weighted by Crippen LogP contribution is -2.46. The van der Waals surface area contributed by atoms with Crippen molar-refractivity contribution in [2.75, 3.05) is 5.32 Å². The first-order chi connectivity index (χ1) is 11.3. The molecule has 122 valence electrons. The molecule has 1 N–H and O–H groups in total. The lowest BCUT2D eigenvalue weighted by Gasteiger charge is -2.35. The van der Waals surface area contributed by atoms with E-state index in [0.717, 1.165) is 38.9 Å². The van der Waals surface area contributed by atoms with Gasteiger partial charge >= 0.3 is 0 Å². The SMILES string of the molecule is Cc1ccc2c(c1)oc1cc3nc4n(c3cc12)C(C)(C)C(C)(C)N4. The van der Waals surface area contributed by atoms with Gasteiger partial charge in [0.1, 0.15) is 11.2 Å². The topological polar surface area (TPSA) is 43.0 Å². The maximum absolute atomic E-state index is 6.07. The van der Waals surface area contributed by atoms with Gasteiger partial charge in [-0.15, -0.1) is 0 Å². The van der Waals surface area contributed by atoms with E-state index >= 15 is 0 Å². The second kappa shape index (κ2) is 3.94. The minimum Gasteiger partial charge on any atom is -0.456 e. The van der Waals surface area contributed by atoms with Crippen LogP contribution in [0.5, 0.6) is 0 Å². The summed E-state index contributed by atoms with van der Waals surface area (Å²) < 4.78 is 8.39. The monoisotopic (exact) mass is 319 g/mol. The molecule has 0 unspecified atom stereocenters. The largest absolute Gasteiger partial charge is 0.456 e. The van der Waals surface area contributed by atoms with Crippen LogP contribution in [0.4, 0.5) is 5.95 Å². The summed E-state index contributed by atoms with van der Waals surface area (Å²) in [7, 11) is 0. The molecule has 2 aromatic carbocycles. The van der Waals surface area contributed by atoms with Crippen LogP contribution in [0, 0.1) is 6.92 Å². The summed E-state index contributed by atoms with van der Waals surface area (Å²) in [5.74, 6) is 0.938. The fraction of sp³-hybridized carbons (Fsp3) is 0.350. The summed E-state index contributed by atoms with van der Waals surface area (Å²) >= 11 is 0. The van der Waals surface area contributed by atoms with Gasteiger partial charge in [0.25, 0.3) is 0 Å². The van der Waals surface area contributed by atoms with Crippen LogP contribution in [-0.2, 0) is 5.54 Å². The average molecular weight is 319 g/mol. The van der Waals surface area contributed by atoms with Crippen molar-refractivity contribution in [1.82, 2.24) is 9.55 Å². The second-order valence-corrected chi connectivity index (χ2v) is 8.02. The van der Waals surface area contributed by atoms with E-state index in [2.05, 4.69) is 74.8 Å². The number of fused-ring (bicyclic) bond motifs is 6. The molecule has 0 bridgehead atoms. The molecule has 0 atom stereocenters. The summed E-state index contributed by atoms with van der Waals surface area (Å²) in [5.41, 5.74) is 5.07. The Balaban J connectivity index is 1.89. The van der Waals surface area contributed by atoms with Crippen LogP contribution in [0.15, 0.2) is 34.7 Å². The van der Waals surface area contributed by atoms with Crippen molar-refractivity contribution >= 4 is 38.9 Å². The number of imidazole rings is 1. The Morgan fingerprint density at radius 2 is 1.75 bits per heavy atom. The Hall–Kier alpha value is -2.49. The molecule has 1 aliphatic heterocycles. The number of nitrogens with one attached hydrogen (secondary N) is 1. The maximum Gasteiger partial charge on any atom is 0.204 e. The lowest BCUT2D eigenvalue weighted by atomic mass is 9.84. The molecule has 0 amide bonds. The molecule has 24 heavy (non-hydrogen) atoms. The zero-order valence-corrected chi connectivity index (χ0v) is 14.7. The van der Waals surface area contributed by atoms with Crippen LogP contribution >= 0.6 is 0 Å². The van der Waals surface area contributed by atoms with Crippen molar-refractivity contribution in [1.29, 1.82) is 0 Å². The maximum atomic E-state index is 6.07. The number of hydrogen-bond donors (Lipinski definition) is 1. The van der Waals surface area contributed by atoms with E-state index in [0.29, 0.717) is 0 Å². The zero-order chi connectivity index (χ0) is 16.9. The molecule has 4 aromatic rings. The fourth-order valence-corrected chi connectivity index (χ4v) is 3.82. The third kappa shape index (κ3) is 1.51. The summed E-state index contributed by atoms with van der Waals surface area (Å²) in [6.07, 6.45) is 0. The first-order valence-electron chi connectivity index (χ1n) is 8.42. The van der Waals surface area contributed by atoms with Crippen molar-refractivity contribution in [2.45, 2.75) is 45.7 Å². The van der Waals surface area contributed by atoms with Gasteiger partial charge in [-0.1, -0.05) is 12.1 Å². The van der Waals surface area contributed by atoms with Crippen LogP contribution in [0.2, 0.25) is 0 Å². The smallest absolute Gasteiger partial charge is 0.204 e. The van der Waals surface area contributed by atoms with Gasteiger partial charge in [0.2, 0.25) is 5.95 Å². The first kappa shape index (κ1) is 13.9. The van der Waals surface area contributed by atoms with Gasteiger partial charge in [-0.25, -0.2) is 4.98 Å². The van der Waals surface area contributed by atoms with Gasteiger partial charge in [0.05, 0.1) is 22.1 Å². The Kier molecular flexibility index (Phi) is 2.28. The summed E-state index contributed by atoms with van der Waals surface area (Å²) in [6, 6.07) is 10.7. The highest BCUT2D eigenvalue weighted by Gasteiger charge is 2.47. The molecular formula is C20H21N3O. The van der Waals surface area contributed by atoms with E-state index in [1.165, 1.54) is 5.56 Å².